The fourth-order valence-electron chi connectivity index (χ4n) is 2.45. The Morgan fingerprint density at radius 3 is 1.90 bits per heavy atom. The average Bonchev–Trinajstić information content (AvgIpc) is 3.04. The molecule has 0 radical (unpaired) electrons. The van der Waals surface area contributed by atoms with Crippen LogP contribution in [0.4, 0.5) is 0 Å². The van der Waals surface area contributed by atoms with Crippen molar-refractivity contribution in [3.63, 3.8) is 0 Å². The third-order valence-electron chi connectivity index (χ3n) is 3.57. The maximum Gasteiger partial charge on any atom is -0.00156 e. The molecule has 1 aromatic rings. The van der Waals surface area contributed by atoms with E-state index in [9.17, 15) is 0 Å². The van der Waals surface area contributed by atoms with Crippen molar-refractivity contribution in [2.75, 3.05) is 26.2 Å². The van der Waals surface area contributed by atoms with Gasteiger partial charge in [-0.1, -0.05) is 52.0 Å². The second-order valence-corrected chi connectivity index (χ2v) is 5.23. The molecule has 2 heteroatoms. The van der Waals surface area contributed by atoms with Crippen LogP contribution in [0.3, 0.4) is 0 Å². The Morgan fingerprint density at radius 2 is 1.43 bits per heavy atom. The van der Waals surface area contributed by atoms with Crippen LogP contribution in [0.1, 0.15) is 58.1 Å². The van der Waals surface area contributed by atoms with Crippen molar-refractivity contribution in [3.05, 3.63) is 35.4 Å². The van der Waals surface area contributed by atoms with Crippen LogP contribution in [0.2, 0.25) is 0 Å². The standard InChI is InChI=1S/C15H23N.C2H7N.C2H6/c1-2-14-7-9-15(10-8-14)6-5-13-16-11-3-4-12-16;1-2-3;1-2/h7-10H,2-6,11-13H2,1H3;2-3H2,1H3;1-2H3. The van der Waals surface area contributed by atoms with E-state index in [4.69, 9.17) is 5.73 Å². The van der Waals surface area contributed by atoms with Crippen molar-refractivity contribution in [1.29, 1.82) is 0 Å². The van der Waals surface area contributed by atoms with E-state index in [-0.39, 0.29) is 0 Å². The van der Waals surface area contributed by atoms with Gasteiger partial charge in [-0.2, -0.15) is 0 Å². The fourth-order valence-corrected chi connectivity index (χ4v) is 2.45. The van der Waals surface area contributed by atoms with Gasteiger partial charge in [0.25, 0.3) is 0 Å². The van der Waals surface area contributed by atoms with E-state index in [2.05, 4.69) is 36.1 Å². The second kappa shape index (κ2) is 14.1. The van der Waals surface area contributed by atoms with Gasteiger partial charge in [0.2, 0.25) is 0 Å². The lowest BCUT2D eigenvalue weighted by Crippen LogP contribution is -2.20. The molecule has 1 aliphatic heterocycles. The van der Waals surface area contributed by atoms with E-state index in [0.29, 0.717) is 0 Å². The summed E-state index contributed by atoms with van der Waals surface area (Å²) in [7, 11) is 0. The predicted molar refractivity (Wildman–Crippen MR) is 95.9 cm³/mol. The summed E-state index contributed by atoms with van der Waals surface area (Å²) in [5.74, 6) is 0. The molecule has 0 aliphatic carbocycles. The maximum atomic E-state index is 4.85. The van der Waals surface area contributed by atoms with Crippen molar-refractivity contribution in [3.8, 4) is 0 Å². The lowest BCUT2D eigenvalue weighted by Gasteiger charge is -2.13. The quantitative estimate of drug-likeness (QED) is 0.878. The zero-order chi connectivity index (χ0) is 15.9. The SMILES string of the molecule is CC.CCN.CCc1ccc(CCCN2CCCC2)cc1. The fraction of sp³-hybridized carbons (Fsp3) is 0.684. The molecular weight excluding hydrogens is 256 g/mol. The summed E-state index contributed by atoms with van der Waals surface area (Å²) < 4.78 is 0. The molecule has 1 fully saturated rings. The van der Waals surface area contributed by atoms with E-state index in [1.54, 1.807) is 0 Å². The Labute approximate surface area is 132 Å². The minimum atomic E-state index is 0.750. The van der Waals surface area contributed by atoms with Gasteiger partial charge in [-0.05, 0) is 69.4 Å². The highest BCUT2D eigenvalue weighted by Gasteiger charge is 2.10. The molecule has 0 atom stereocenters. The van der Waals surface area contributed by atoms with E-state index in [1.165, 1.54) is 56.4 Å². The summed E-state index contributed by atoms with van der Waals surface area (Å²) in [6, 6.07) is 9.13. The summed E-state index contributed by atoms with van der Waals surface area (Å²) in [6.45, 7) is 12.8. The second-order valence-electron chi connectivity index (χ2n) is 5.23. The highest BCUT2D eigenvalue weighted by Crippen LogP contribution is 2.11. The van der Waals surface area contributed by atoms with Crippen molar-refractivity contribution in [2.45, 2.75) is 59.8 Å². The van der Waals surface area contributed by atoms with Crippen molar-refractivity contribution in [2.24, 2.45) is 5.73 Å². The summed E-state index contributed by atoms with van der Waals surface area (Å²) in [4.78, 5) is 2.60. The largest absolute Gasteiger partial charge is 0.331 e. The molecule has 0 spiro atoms. The maximum absolute atomic E-state index is 4.85. The molecule has 0 bridgehead atoms. The van der Waals surface area contributed by atoms with Gasteiger partial charge in [0.05, 0.1) is 0 Å². The third-order valence-corrected chi connectivity index (χ3v) is 3.57. The van der Waals surface area contributed by atoms with Gasteiger partial charge in [0, 0.05) is 0 Å². The first-order valence-corrected chi connectivity index (χ1v) is 8.80. The number of nitrogens with two attached hydrogens (primary N) is 1. The summed E-state index contributed by atoms with van der Waals surface area (Å²) >= 11 is 0. The summed E-state index contributed by atoms with van der Waals surface area (Å²) in [5.41, 5.74) is 7.79. The molecule has 21 heavy (non-hydrogen) atoms. The molecule has 0 saturated carbocycles. The first kappa shape index (κ1) is 20.1. The smallest absolute Gasteiger partial charge is 0.00156 e. The zero-order valence-electron chi connectivity index (χ0n) is 14.7. The minimum absolute atomic E-state index is 0.750. The Balaban J connectivity index is 0.000000713. The molecule has 1 saturated heterocycles. The van der Waals surface area contributed by atoms with Gasteiger partial charge in [0.1, 0.15) is 0 Å². The van der Waals surface area contributed by atoms with Gasteiger partial charge >= 0.3 is 0 Å². The van der Waals surface area contributed by atoms with Gasteiger partial charge in [-0.3, -0.25) is 0 Å². The van der Waals surface area contributed by atoms with Crippen LogP contribution < -0.4 is 5.73 Å². The average molecular weight is 293 g/mol. The van der Waals surface area contributed by atoms with Crippen LogP contribution in [0.5, 0.6) is 0 Å². The van der Waals surface area contributed by atoms with Crippen molar-refractivity contribution in [1.82, 2.24) is 4.90 Å². The summed E-state index contributed by atoms with van der Waals surface area (Å²) in [6.07, 6.45) is 6.51. The number of rotatable bonds is 5. The highest BCUT2D eigenvalue weighted by atomic mass is 15.1. The van der Waals surface area contributed by atoms with Crippen LogP contribution in [0.15, 0.2) is 24.3 Å². The highest BCUT2D eigenvalue weighted by molar-refractivity contribution is 5.22. The van der Waals surface area contributed by atoms with Gasteiger partial charge in [0.15, 0.2) is 0 Å². The molecule has 2 nitrogen and oxygen atoms in total. The number of hydrogen-bond donors (Lipinski definition) is 1. The Kier molecular flexibility index (Phi) is 13.5. The monoisotopic (exact) mass is 292 g/mol. The molecular formula is C19H36N2. The number of benzene rings is 1. The van der Waals surface area contributed by atoms with Crippen LogP contribution >= 0.6 is 0 Å². The molecule has 2 N–H and O–H groups in total. The van der Waals surface area contributed by atoms with E-state index in [0.717, 1.165) is 13.0 Å². The third kappa shape index (κ3) is 9.65. The molecule has 2 rings (SSSR count). The Bertz CT molecular complexity index is 313. The number of nitrogens with zero attached hydrogens (tertiary/aromatic N) is 1. The van der Waals surface area contributed by atoms with Gasteiger partial charge in [-0.15, -0.1) is 0 Å². The van der Waals surface area contributed by atoms with Crippen molar-refractivity contribution < 1.29 is 0 Å². The van der Waals surface area contributed by atoms with E-state index < -0.39 is 0 Å². The van der Waals surface area contributed by atoms with Crippen LogP contribution in [-0.2, 0) is 12.8 Å². The van der Waals surface area contributed by atoms with Gasteiger partial charge in [-0.25, -0.2) is 0 Å². The summed E-state index contributed by atoms with van der Waals surface area (Å²) in [5, 5.41) is 0. The Morgan fingerprint density at radius 1 is 0.952 bits per heavy atom. The number of likely N-dealkylation sites (tertiary alicyclic amines) is 1. The lowest BCUT2D eigenvalue weighted by molar-refractivity contribution is 0.334. The number of aryl methyl sites for hydroxylation is 2. The predicted octanol–water partition coefficient (Wildman–Crippen LogP) is 4.27. The van der Waals surface area contributed by atoms with Crippen LogP contribution in [0.25, 0.3) is 0 Å². The molecule has 122 valence electrons. The lowest BCUT2D eigenvalue weighted by atomic mass is 10.1. The zero-order valence-corrected chi connectivity index (χ0v) is 14.7. The molecule has 1 heterocycles. The minimum Gasteiger partial charge on any atom is -0.331 e. The normalized spacial score (nSPS) is 14.0. The molecule has 1 aromatic carbocycles. The van der Waals surface area contributed by atoms with E-state index >= 15 is 0 Å². The van der Waals surface area contributed by atoms with Crippen LogP contribution in [-0.4, -0.2) is 31.1 Å². The van der Waals surface area contributed by atoms with Crippen molar-refractivity contribution >= 4 is 0 Å². The first-order chi connectivity index (χ1) is 10.3. The first-order valence-electron chi connectivity index (χ1n) is 8.80. The van der Waals surface area contributed by atoms with E-state index in [1.807, 2.05) is 20.8 Å². The molecule has 0 aromatic heterocycles. The Hall–Kier alpha value is -0.860. The number of hydrogen-bond acceptors (Lipinski definition) is 2. The molecule has 1 aliphatic rings. The molecule has 0 amide bonds. The topological polar surface area (TPSA) is 29.3 Å². The van der Waals surface area contributed by atoms with Crippen LogP contribution in [0, 0.1) is 0 Å². The molecule has 0 unspecified atom stereocenters. The van der Waals surface area contributed by atoms with Gasteiger partial charge < -0.3 is 10.6 Å².